The number of nitrogens with zero attached hydrogens (tertiary/aromatic N) is 1. The lowest BCUT2D eigenvalue weighted by atomic mass is 10.2. The molecule has 1 N–H and O–H groups in total. The first-order chi connectivity index (χ1) is 6.38. The molecule has 0 radical (unpaired) electrons. The zero-order valence-corrected chi connectivity index (χ0v) is 8.82. The molecule has 1 aromatic rings. The van der Waals surface area contributed by atoms with Gasteiger partial charge in [-0.2, -0.15) is 0 Å². The smallest absolute Gasteiger partial charge is 0.0794 e. The second-order valence-electron chi connectivity index (χ2n) is 2.64. The molecular weight excluding hydrogens is 180 g/mol. The van der Waals surface area contributed by atoms with E-state index in [-0.39, 0.29) is 0 Å². The predicted octanol–water partition coefficient (Wildman–Crippen LogP) is 2.21. The highest BCUT2D eigenvalue weighted by Crippen LogP contribution is 2.19. The predicted molar refractivity (Wildman–Crippen MR) is 56.6 cm³/mol. The summed E-state index contributed by atoms with van der Waals surface area (Å²) in [7, 11) is 0. The molecule has 0 saturated carbocycles. The number of hydrogen-bond acceptors (Lipinski definition) is 3. The van der Waals surface area contributed by atoms with Crippen molar-refractivity contribution in [1.29, 1.82) is 0 Å². The van der Waals surface area contributed by atoms with Crippen LogP contribution in [0.5, 0.6) is 0 Å². The van der Waals surface area contributed by atoms with Crippen LogP contribution in [-0.4, -0.2) is 11.5 Å². The molecular formula is C10H14N2S. The first kappa shape index (κ1) is 10.2. The summed E-state index contributed by atoms with van der Waals surface area (Å²) in [5, 5.41) is 3.39. The van der Waals surface area contributed by atoms with E-state index in [0.717, 1.165) is 13.0 Å². The number of nitrogens with one attached hydrogen (secondary N) is 1. The minimum Gasteiger partial charge on any atom is -0.309 e. The zero-order valence-electron chi connectivity index (χ0n) is 8.00. The Hall–Kier alpha value is -0.850. The summed E-state index contributed by atoms with van der Waals surface area (Å²) in [6.45, 7) is 4.94. The van der Waals surface area contributed by atoms with Crippen molar-refractivity contribution in [2.24, 2.45) is 0 Å². The first-order valence-electron chi connectivity index (χ1n) is 4.39. The zero-order chi connectivity index (χ0) is 9.52. The first-order valence-corrected chi connectivity index (χ1v) is 5.27. The fraction of sp³-hybridized carbons (Fsp3) is 0.500. The number of aromatic nitrogens is 1. The Morgan fingerprint density at radius 3 is 3.08 bits per heavy atom. The molecule has 0 aromatic carbocycles. The maximum Gasteiger partial charge on any atom is 0.0794 e. The third kappa shape index (κ3) is 3.17. The Morgan fingerprint density at radius 2 is 2.54 bits per heavy atom. The Balaban J connectivity index is 2.60. The molecule has 3 heteroatoms. The van der Waals surface area contributed by atoms with Gasteiger partial charge in [-0.15, -0.1) is 23.2 Å². The third-order valence-corrected chi connectivity index (χ3v) is 2.62. The van der Waals surface area contributed by atoms with Crippen LogP contribution in [0.4, 0.5) is 0 Å². The molecule has 1 rings (SSSR count). The summed E-state index contributed by atoms with van der Waals surface area (Å²) in [5.74, 6) is 6.00. The van der Waals surface area contributed by atoms with Gasteiger partial charge in [-0.05, 0) is 13.5 Å². The summed E-state index contributed by atoms with van der Waals surface area (Å²) in [5.41, 5.74) is 1.86. The average molecular weight is 194 g/mol. The molecule has 1 heterocycles. The van der Waals surface area contributed by atoms with Crippen molar-refractivity contribution in [3.8, 4) is 11.8 Å². The van der Waals surface area contributed by atoms with Crippen LogP contribution >= 0.6 is 11.3 Å². The molecule has 0 fully saturated rings. The monoisotopic (exact) mass is 194 g/mol. The van der Waals surface area contributed by atoms with Gasteiger partial charge >= 0.3 is 0 Å². The highest BCUT2D eigenvalue weighted by Gasteiger charge is 2.09. The molecule has 0 aliphatic rings. The van der Waals surface area contributed by atoms with E-state index in [0.29, 0.717) is 6.04 Å². The second kappa shape index (κ2) is 5.74. The average Bonchev–Trinajstić information content (AvgIpc) is 2.65. The van der Waals surface area contributed by atoms with Crippen LogP contribution in [0.3, 0.4) is 0 Å². The van der Waals surface area contributed by atoms with E-state index in [4.69, 9.17) is 0 Å². The summed E-state index contributed by atoms with van der Waals surface area (Å²) < 4.78 is 0. The standard InChI is InChI=1S/C10H14N2S/c1-3-5-6-9(12-4-2)10-7-11-8-13-10/h7-9,12H,4,6H2,1-2H3. The maximum atomic E-state index is 4.06. The lowest BCUT2D eigenvalue weighted by Gasteiger charge is -2.11. The molecule has 70 valence electrons. The summed E-state index contributed by atoms with van der Waals surface area (Å²) in [6, 6.07) is 0.352. The van der Waals surface area contributed by atoms with E-state index in [1.165, 1.54) is 4.88 Å². The molecule has 2 nitrogen and oxygen atoms in total. The summed E-state index contributed by atoms with van der Waals surface area (Å²) in [6.07, 6.45) is 2.78. The Morgan fingerprint density at radius 1 is 1.69 bits per heavy atom. The maximum absolute atomic E-state index is 4.06. The largest absolute Gasteiger partial charge is 0.309 e. The van der Waals surface area contributed by atoms with Gasteiger partial charge in [0.2, 0.25) is 0 Å². The van der Waals surface area contributed by atoms with Crippen molar-refractivity contribution in [1.82, 2.24) is 10.3 Å². The Labute approximate surface area is 83.4 Å². The Bertz CT molecular complexity index is 282. The van der Waals surface area contributed by atoms with Gasteiger partial charge in [0.25, 0.3) is 0 Å². The van der Waals surface area contributed by atoms with Gasteiger partial charge in [0.05, 0.1) is 11.6 Å². The fourth-order valence-electron chi connectivity index (χ4n) is 1.12. The number of thiazole rings is 1. The van der Waals surface area contributed by atoms with Gasteiger partial charge in [0, 0.05) is 17.5 Å². The normalized spacial score (nSPS) is 11.8. The van der Waals surface area contributed by atoms with Crippen molar-refractivity contribution in [3.05, 3.63) is 16.6 Å². The van der Waals surface area contributed by atoms with Gasteiger partial charge in [-0.1, -0.05) is 6.92 Å². The lowest BCUT2D eigenvalue weighted by molar-refractivity contribution is 0.573. The van der Waals surface area contributed by atoms with E-state index in [9.17, 15) is 0 Å². The topological polar surface area (TPSA) is 24.9 Å². The van der Waals surface area contributed by atoms with E-state index in [1.54, 1.807) is 11.3 Å². The van der Waals surface area contributed by atoms with Crippen LogP contribution in [0.1, 0.15) is 31.2 Å². The van der Waals surface area contributed by atoms with Crippen molar-refractivity contribution < 1.29 is 0 Å². The van der Waals surface area contributed by atoms with Crippen LogP contribution < -0.4 is 5.32 Å². The lowest BCUT2D eigenvalue weighted by Crippen LogP contribution is -2.19. The van der Waals surface area contributed by atoms with E-state index >= 15 is 0 Å². The van der Waals surface area contributed by atoms with Gasteiger partial charge < -0.3 is 5.32 Å². The molecule has 0 aliphatic carbocycles. The molecule has 1 atom stereocenters. The molecule has 13 heavy (non-hydrogen) atoms. The van der Waals surface area contributed by atoms with Crippen LogP contribution in [0.2, 0.25) is 0 Å². The number of rotatable bonds is 4. The van der Waals surface area contributed by atoms with Crippen LogP contribution in [0.25, 0.3) is 0 Å². The third-order valence-electron chi connectivity index (χ3n) is 1.73. The van der Waals surface area contributed by atoms with Crippen LogP contribution in [-0.2, 0) is 0 Å². The van der Waals surface area contributed by atoms with Crippen molar-refractivity contribution in [3.63, 3.8) is 0 Å². The van der Waals surface area contributed by atoms with Crippen LogP contribution in [0.15, 0.2) is 11.7 Å². The second-order valence-corrected chi connectivity index (χ2v) is 3.56. The van der Waals surface area contributed by atoms with E-state index in [2.05, 4.69) is 29.1 Å². The molecule has 1 aromatic heterocycles. The van der Waals surface area contributed by atoms with Gasteiger partial charge in [-0.3, -0.25) is 4.98 Å². The van der Waals surface area contributed by atoms with Crippen molar-refractivity contribution in [2.75, 3.05) is 6.54 Å². The van der Waals surface area contributed by atoms with Gasteiger partial charge in [0.1, 0.15) is 0 Å². The van der Waals surface area contributed by atoms with Crippen molar-refractivity contribution in [2.45, 2.75) is 26.3 Å². The number of hydrogen-bond donors (Lipinski definition) is 1. The van der Waals surface area contributed by atoms with E-state index in [1.807, 2.05) is 18.6 Å². The van der Waals surface area contributed by atoms with Crippen molar-refractivity contribution >= 4 is 11.3 Å². The molecule has 1 unspecified atom stereocenters. The Kier molecular flexibility index (Phi) is 4.52. The van der Waals surface area contributed by atoms with Crippen LogP contribution in [0, 0.1) is 11.8 Å². The summed E-state index contributed by atoms with van der Waals surface area (Å²) in [4.78, 5) is 5.33. The highest BCUT2D eigenvalue weighted by atomic mass is 32.1. The SMILES string of the molecule is CC#CCC(NCC)c1cncs1. The molecule has 0 saturated heterocycles. The highest BCUT2D eigenvalue weighted by molar-refractivity contribution is 7.09. The van der Waals surface area contributed by atoms with Gasteiger partial charge in [0.15, 0.2) is 0 Å². The molecule has 0 amide bonds. The molecule has 0 bridgehead atoms. The fourth-order valence-corrected chi connectivity index (χ4v) is 1.82. The minimum absolute atomic E-state index is 0.352. The molecule has 0 aliphatic heterocycles. The minimum atomic E-state index is 0.352. The molecule has 0 spiro atoms. The quantitative estimate of drug-likeness (QED) is 0.743. The van der Waals surface area contributed by atoms with E-state index < -0.39 is 0 Å². The van der Waals surface area contributed by atoms with Gasteiger partial charge in [-0.25, -0.2) is 0 Å². The summed E-state index contributed by atoms with van der Waals surface area (Å²) >= 11 is 1.68.